The van der Waals surface area contributed by atoms with Crippen LogP contribution in [0.15, 0.2) is 54.6 Å². The number of hydrogen-bond acceptors (Lipinski definition) is 3. The SMILES string of the molecule is O=C(C=Cc1ccc(-c2ccc(CO)cc2)cc1)NO. The molecule has 0 spiro atoms. The number of carbonyl (C=O) groups excluding carboxylic acids is 1. The van der Waals surface area contributed by atoms with E-state index < -0.39 is 5.91 Å². The number of aliphatic hydroxyl groups is 1. The van der Waals surface area contributed by atoms with Gasteiger partial charge in [-0.25, -0.2) is 5.48 Å². The highest BCUT2D eigenvalue weighted by Crippen LogP contribution is 2.20. The van der Waals surface area contributed by atoms with Crippen LogP contribution in [-0.4, -0.2) is 16.2 Å². The standard InChI is InChI=1S/C16H15NO3/c18-11-13-3-8-15(9-4-13)14-6-1-12(2-7-14)5-10-16(19)17-20/h1-10,18,20H,11H2,(H,17,19). The molecule has 4 nitrogen and oxygen atoms in total. The number of amides is 1. The summed E-state index contributed by atoms with van der Waals surface area (Å²) in [5.41, 5.74) is 5.40. The van der Waals surface area contributed by atoms with Gasteiger partial charge in [-0.1, -0.05) is 48.5 Å². The summed E-state index contributed by atoms with van der Waals surface area (Å²) < 4.78 is 0. The maximum absolute atomic E-state index is 10.9. The Kier molecular flexibility index (Phi) is 4.65. The molecule has 1 amide bonds. The van der Waals surface area contributed by atoms with Crippen molar-refractivity contribution >= 4 is 12.0 Å². The molecule has 0 fully saturated rings. The van der Waals surface area contributed by atoms with Gasteiger partial charge >= 0.3 is 0 Å². The second-order valence-electron chi connectivity index (χ2n) is 4.29. The highest BCUT2D eigenvalue weighted by molar-refractivity contribution is 5.90. The molecule has 0 aliphatic rings. The van der Waals surface area contributed by atoms with Crippen molar-refractivity contribution in [3.8, 4) is 11.1 Å². The Hall–Kier alpha value is -2.43. The zero-order valence-electron chi connectivity index (χ0n) is 10.8. The van der Waals surface area contributed by atoms with Gasteiger partial charge in [-0.15, -0.1) is 0 Å². The first-order valence-electron chi connectivity index (χ1n) is 6.15. The Labute approximate surface area is 117 Å². The number of nitrogens with one attached hydrogen (secondary N) is 1. The molecule has 102 valence electrons. The lowest BCUT2D eigenvalue weighted by molar-refractivity contribution is -0.124. The zero-order chi connectivity index (χ0) is 14.4. The number of rotatable bonds is 4. The minimum Gasteiger partial charge on any atom is -0.392 e. The van der Waals surface area contributed by atoms with Gasteiger partial charge in [-0.2, -0.15) is 0 Å². The normalized spacial score (nSPS) is 10.7. The van der Waals surface area contributed by atoms with E-state index in [1.807, 2.05) is 48.5 Å². The Morgan fingerprint density at radius 3 is 2.05 bits per heavy atom. The summed E-state index contributed by atoms with van der Waals surface area (Å²) in [7, 11) is 0. The van der Waals surface area contributed by atoms with Crippen molar-refractivity contribution in [2.45, 2.75) is 6.61 Å². The topological polar surface area (TPSA) is 69.6 Å². The number of hydroxylamine groups is 1. The van der Waals surface area contributed by atoms with E-state index in [9.17, 15) is 4.79 Å². The van der Waals surface area contributed by atoms with Gasteiger partial charge in [0.2, 0.25) is 0 Å². The first-order valence-corrected chi connectivity index (χ1v) is 6.15. The highest BCUT2D eigenvalue weighted by atomic mass is 16.5. The molecule has 0 saturated carbocycles. The summed E-state index contributed by atoms with van der Waals surface area (Å²) in [6.07, 6.45) is 2.87. The van der Waals surface area contributed by atoms with Gasteiger partial charge in [0.05, 0.1) is 6.61 Å². The maximum atomic E-state index is 10.9. The van der Waals surface area contributed by atoms with Crippen LogP contribution in [0.1, 0.15) is 11.1 Å². The fourth-order valence-corrected chi connectivity index (χ4v) is 1.80. The van der Waals surface area contributed by atoms with Crippen LogP contribution < -0.4 is 5.48 Å². The molecule has 0 atom stereocenters. The summed E-state index contributed by atoms with van der Waals surface area (Å²) in [5.74, 6) is -0.561. The lowest BCUT2D eigenvalue weighted by Crippen LogP contribution is -2.14. The summed E-state index contributed by atoms with van der Waals surface area (Å²) in [4.78, 5) is 10.9. The van der Waals surface area contributed by atoms with Crippen LogP contribution in [0.5, 0.6) is 0 Å². The average Bonchev–Trinajstić information content (AvgIpc) is 2.53. The first kappa shape index (κ1) is 14.0. The third-order valence-electron chi connectivity index (χ3n) is 2.92. The van der Waals surface area contributed by atoms with E-state index in [0.717, 1.165) is 22.3 Å². The van der Waals surface area contributed by atoms with Gasteiger partial charge < -0.3 is 5.11 Å². The van der Waals surface area contributed by atoms with Gasteiger partial charge in [0.25, 0.3) is 5.91 Å². The maximum Gasteiger partial charge on any atom is 0.267 e. The molecular formula is C16H15NO3. The summed E-state index contributed by atoms with van der Waals surface area (Å²) in [5, 5.41) is 17.4. The summed E-state index contributed by atoms with van der Waals surface area (Å²) in [6.45, 7) is 0.0386. The third-order valence-corrected chi connectivity index (χ3v) is 2.92. The molecule has 0 aliphatic carbocycles. The molecule has 3 N–H and O–H groups in total. The Bertz CT molecular complexity index is 601. The third kappa shape index (κ3) is 3.54. The van der Waals surface area contributed by atoms with Gasteiger partial charge in [-0.3, -0.25) is 10.0 Å². The molecule has 0 aromatic heterocycles. The number of hydrogen-bond donors (Lipinski definition) is 3. The van der Waals surface area contributed by atoms with E-state index in [0.29, 0.717) is 0 Å². The van der Waals surface area contributed by atoms with Crippen LogP contribution in [-0.2, 0) is 11.4 Å². The smallest absolute Gasteiger partial charge is 0.267 e. The molecule has 2 rings (SSSR count). The van der Waals surface area contributed by atoms with Crippen LogP contribution in [0, 0.1) is 0 Å². The highest BCUT2D eigenvalue weighted by Gasteiger charge is 1.98. The molecule has 0 unspecified atom stereocenters. The molecule has 2 aromatic rings. The summed E-state index contributed by atoms with van der Waals surface area (Å²) >= 11 is 0. The molecule has 0 radical (unpaired) electrons. The molecule has 0 bridgehead atoms. The van der Waals surface area contributed by atoms with Crippen LogP contribution in [0.3, 0.4) is 0 Å². The van der Waals surface area contributed by atoms with E-state index >= 15 is 0 Å². The Balaban J connectivity index is 2.14. The van der Waals surface area contributed by atoms with Crippen molar-refractivity contribution in [3.05, 3.63) is 65.7 Å². The van der Waals surface area contributed by atoms with Crippen molar-refractivity contribution in [3.63, 3.8) is 0 Å². The van der Waals surface area contributed by atoms with Crippen molar-refractivity contribution in [1.82, 2.24) is 5.48 Å². The zero-order valence-corrected chi connectivity index (χ0v) is 10.8. The van der Waals surface area contributed by atoms with Crippen LogP contribution in [0.2, 0.25) is 0 Å². The van der Waals surface area contributed by atoms with Crippen LogP contribution >= 0.6 is 0 Å². The van der Waals surface area contributed by atoms with E-state index in [-0.39, 0.29) is 6.61 Å². The van der Waals surface area contributed by atoms with Gasteiger partial charge in [0.15, 0.2) is 0 Å². The fraction of sp³-hybridized carbons (Fsp3) is 0.0625. The number of benzene rings is 2. The van der Waals surface area contributed by atoms with Gasteiger partial charge in [0.1, 0.15) is 0 Å². The Morgan fingerprint density at radius 2 is 1.55 bits per heavy atom. The molecule has 4 heteroatoms. The van der Waals surface area contributed by atoms with Crippen molar-refractivity contribution in [2.24, 2.45) is 0 Å². The van der Waals surface area contributed by atoms with E-state index in [1.54, 1.807) is 6.08 Å². The monoisotopic (exact) mass is 269 g/mol. The molecular weight excluding hydrogens is 254 g/mol. The lowest BCUT2D eigenvalue weighted by Gasteiger charge is -2.03. The quantitative estimate of drug-likeness (QED) is 0.453. The van der Waals surface area contributed by atoms with E-state index in [4.69, 9.17) is 10.3 Å². The van der Waals surface area contributed by atoms with Gasteiger partial charge in [0, 0.05) is 6.08 Å². The lowest BCUT2D eigenvalue weighted by atomic mass is 10.0. The van der Waals surface area contributed by atoms with Crippen molar-refractivity contribution in [1.29, 1.82) is 0 Å². The second-order valence-corrected chi connectivity index (χ2v) is 4.29. The predicted octanol–water partition coefficient (Wildman–Crippen LogP) is 2.36. The summed E-state index contributed by atoms with van der Waals surface area (Å²) in [6, 6.07) is 15.3. The predicted molar refractivity (Wildman–Crippen MR) is 76.8 cm³/mol. The van der Waals surface area contributed by atoms with Crippen molar-refractivity contribution in [2.75, 3.05) is 0 Å². The van der Waals surface area contributed by atoms with E-state index in [2.05, 4.69) is 0 Å². The minimum atomic E-state index is -0.561. The second kappa shape index (κ2) is 6.65. The number of aliphatic hydroxyl groups excluding tert-OH is 1. The van der Waals surface area contributed by atoms with Gasteiger partial charge in [-0.05, 0) is 28.3 Å². The largest absolute Gasteiger partial charge is 0.392 e. The molecule has 2 aromatic carbocycles. The van der Waals surface area contributed by atoms with Crippen LogP contribution in [0.25, 0.3) is 17.2 Å². The fourth-order valence-electron chi connectivity index (χ4n) is 1.80. The molecule has 0 saturated heterocycles. The minimum absolute atomic E-state index is 0.0386. The van der Waals surface area contributed by atoms with Crippen LogP contribution in [0.4, 0.5) is 0 Å². The first-order chi connectivity index (χ1) is 9.72. The van der Waals surface area contributed by atoms with E-state index in [1.165, 1.54) is 11.6 Å². The Morgan fingerprint density at radius 1 is 1.00 bits per heavy atom. The molecule has 0 heterocycles. The molecule has 20 heavy (non-hydrogen) atoms. The molecule has 0 aliphatic heterocycles. The number of carbonyl (C=O) groups is 1. The average molecular weight is 269 g/mol. The van der Waals surface area contributed by atoms with Crippen molar-refractivity contribution < 1.29 is 15.1 Å².